The van der Waals surface area contributed by atoms with Crippen LogP contribution in [-0.2, 0) is 6.54 Å². The molecule has 0 saturated heterocycles. The summed E-state index contributed by atoms with van der Waals surface area (Å²) in [5.41, 5.74) is 2.21. The maximum Gasteiger partial charge on any atom is 0.361 e. The molecule has 12 heavy (non-hydrogen) atoms. The van der Waals surface area contributed by atoms with Gasteiger partial charge in [0.1, 0.15) is 0 Å². The van der Waals surface area contributed by atoms with Gasteiger partial charge in [0.05, 0.1) is 17.7 Å². The number of aromatic amines is 1. The van der Waals surface area contributed by atoms with E-state index in [1.54, 1.807) is 5.51 Å². The Bertz CT molecular complexity index is 401. The highest BCUT2D eigenvalue weighted by Gasteiger charge is 2.00. The quantitative estimate of drug-likeness (QED) is 0.679. The first-order valence-corrected chi connectivity index (χ1v) is 4.16. The Morgan fingerprint density at radius 2 is 2.58 bits per heavy atom. The normalized spacial score (nSPS) is 10.3. The third-order valence-corrected chi connectivity index (χ3v) is 1.96. The molecule has 0 unspecified atom stereocenters. The number of thiazole rings is 1. The van der Waals surface area contributed by atoms with Crippen molar-refractivity contribution in [1.29, 1.82) is 0 Å². The summed E-state index contributed by atoms with van der Waals surface area (Å²) in [6, 6.07) is 0. The second-order valence-corrected chi connectivity index (χ2v) is 2.86. The maximum atomic E-state index is 10.9. The van der Waals surface area contributed by atoms with Crippen LogP contribution in [0.4, 0.5) is 0 Å². The lowest BCUT2D eigenvalue weighted by atomic mass is 10.5. The number of tetrazole rings is 1. The van der Waals surface area contributed by atoms with E-state index >= 15 is 0 Å². The van der Waals surface area contributed by atoms with Crippen molar-refractivity contribution >= 4 is 11.3 Å². The smallest absolute Gasteiger partial charge is 0.248 e. The number of nitrogens with zero attached hydrogens (tertiary/aromatic N) is 4. The Hall–Kier alpha value is -1.50. The highest BCUT2D eigenvalue weighted by molar-refractivity contribution is 7.07. The minimum Gasteiger partial charge on any atom is -0.248 e. The van der Waals surface area contributed by atoms with E-state index in [1.165, 1.54) is 16.0 Å². The minimum atomic E-state index is -0.317. The van der Waals surface area contributed by atoms with Gasteiger partial charge in [-0.25, -0.2) is 14.9 Å². The molecule has 0 atom stereocenters. The van der Waals surface area contributed by atoms with Crippen LogP contribution in [0.25, 0.3) is 0 Å². The van der Waals surface area contributed by atoms with Gasteiger partial charge >= 0.3 is 5.69 Å². The summed E-state index contributed by atoms with van der Waals surface area (Å²) in [4.78, 5) is 14.9. The average molecular weight is 183 g/mol. The van der Waals surface area contributed by atoms with Crippen LogP contribution in [0.1, 0.15) is 5.69 Å². The molecule has 1 N–H and O–H groups in total. The van der Waals surface area contributed by atoms with Crippen molar-refractivity contribution in [2.75, 3.05) is 0 Å². The molecule has 0 bridgehead atoms. The molecule has 0 saturated carbocycles. The Kier molecular flexibility index (Phi) is 1.71. The Morgan fingerprint density at radius 1 is 1.67 bits per heavy atom. The van der Waals surface area contributed by atoms with Crippen LogP contribution in [0.15, 0.2) is 15.7 Å². The van der Waals surface area contributed by atoms with E-state index in [0.29, 0.717) is 6.54 Å². The molecule has 2 aromatic rings. The molecule has 0 aliphatic heterocycles. The van der Waals surface area contributed by atoms with Crippen molar-refractivity contribution in [3.05, 3.63) is 27.1 Å². The fourth-order valence-corrected chi connectivity index (χ4v) is 1.34. The predicted molar refractivity (Wildman–Crippen MR) is 41.9 cm³/mol. The van der Waals surface area contributed by atoms with E-state index in [4.69, 9.17) is 0 Å². The van der Waals surface area contributed by atoms with Crippen LogP contribution in [0.5, 0.6) is 0 Å². The zero-order chi connectivity index (χ0) is 8.39. The van der Waals surface area contributed by atoms with Crippen molar-refractivity contribution in [3.63, 3.8) is 0 Å². The van der Waals surface area contributed by atoms with Crippen LogP contribution in [0.3, 0.4) is 0 Å². The van der Waals surface area contributed by atoms with E-state index in [9.17, 15) is 4.79 Å². The van der Waals surface area contributed by atoms with Gasteiger partial charge in [0, 0.05) is 5.38 Å². The summed E-state index contributed by atoms with van der Waals surface area (Å²) in [6.07, 6.45) is 0. The summed E-state index contributed by atoms with van der Waals surface area (Å²) in [7, 11) is 0. The van der Waals surface area contributed by atoms with Gasteiger partial charge < -0.3 is 0 Å². The molecule has 0 spiro atoms. The van der Waals surface area contributed by atoms with Gasteiger partial charge in [-0.1, -0.05) is 0 Å². The first kappa shape index (κ1) is 7.17. The zero-order valence-electron chi connectivity index (χ0n) is 5.97. The highest BCUT2D eigenvalue weighted by atomic mass is 32.1. The number of nitrogens with one attached hydrogen (secondary N) is 1. The van der Waals surface area contributed by atoms with E-state index in [1.807, 2.05) is 5.38 Å². The molecule has 7 heteroatoms. The summed E-state index contributed by atoms with van der Waals surface area (Å²) < 4.78 is 1.22. The number of hydrogen-bond acceptors (Lipinski definition) is 5. The molecule has 0 fully saturated rings. The van der Waals surface area contributed by atoms with Gasteiger partial charge in [0.25, 0.3) is 0 Å². The molecule has 0 radical (unpaired) electrons. The fraction of sp³-hybridized carbons (Fsp3) is 0.200. The van der Waals surface area contributed by atoms with Crippen LogP contribution >= 0.6 is 11.3 Å². The molecule has 0 aromatic carbocycles. The topological polar surface area (TPSA) is 76.5 Å². The highest BCUT2D eigenvalue weighted by Crippen LogP contribution is 2.00. The molecule has 2 aromatic heterocycles. The molecular formula is C5H5N5OS. The molecule has 0 aliphatic rings. The lowest BCUT2D eigenvalue weighted by molar-refractivity contribution is 0.624. The molecule has 62 valence electrons. The minimum absolute atomic E-state index is 0.317. The standard InChI is InChI=1S/C5H5N5OS/c11-5-7-8-9-10(5)1-4-2-12-3-6-4/h2-3H,1H2,(H,7,9,11). The summed E-state index contributed by atoms with van der Waals surface area (Å²) in [5.74, 6) is 0. The molecule has 2 rings (SSSR count). The number of aromatic nitrogens is 5. The van der Waals surface area contributed by atoms with Crippen molar-refractivity contribution in [2.45, 2.75) is 6.54 Å². The van der Waals surface area contributed by atoms with Crippen molar-refractivity contribution in [2.24, 2.45) is 0 Å². The summed E-state index contributed by atoms with van der Waals surface area (Å²) in [5, 5.41) is 11.0. The maximum absolute atomic E-state index is 10.9. The molecular weight excluding hydrogens is 178 g/mol. The van der Waals surface area contributed by atoms with Crippen LogP contribution in [0, 0.1) is 0 Å². The van der Waals surface area contributed by atoms with E-state index in [0.717, 1.165) is 5.69 Å². The SMILES string of the molecule is O=c1[nH]nnn1Cc1cscn1. The predicted octanol–water partition coefficient (Wildman–Crippen LogP) is -0.529. The van der Waals surface area contributed by atoms with E-state index < -0.39 is 0 Å². The van der Waals surface area contributed by atoms with Gasteiger partial charge in [-0.3, -0.25) is 0 Å². The van der Waals surface area contributed by atoms with Gasteiger partial charge in [-0.2, -0.15) is 4.68 Å². The van der Waals surface area contributed by atoms with Crippen molar-refractivity contribution in [3.8, 4) is 0 Å². The first-order valence-electron chi connectivity index (χ1n) is 3.21. The molecule has 0 aliphatic carbocycles. The van der Waals surface area contributed by atoms with Gasteiger partial charge in [-0.05, 0) is 10.4 Å². The van der Waals surface area contributed by atoms with Gasteiger partial charge in [0.2, 0.25) is 0 Å². The number of H-pyrrole nitrogens is 1. The van der Waals surface area contributed by atoms with Crippen LogP contribution in [0.2, 0.25) is 0 Å². The third-order valence-electron chi connectivity index (χ3n) is 1.33. The van der Waals surface area contributed by atoms with Crippen LogP contribution in [-0.4, -0.2) is 25.2 Å². The second kappa shape index (κ2) is 2.86. The number of rotatable bonds is 2. The third kappa shape index (κ3) is 1.26. The average Bonchev–Trinajstić information content (AvgIpc) is 2.65. The molecule has 2 heterocycles. The zero-order valence-corrected chi connectivity index (χ0v) is 6.78. The van der Waals surface area contributed by atoms with E-state index in [2.05, 4.69) is 20.5 Å². The fourth-order valence-electron chi connectivity index (χ4n) is 0.790. The Morgan fingerprint density at radius 3 is 3.17 bits per heavy atom. The largest absolute Gasteiger partial charge is 0.361 e. The van der Waals surface area contributed by atoms with Crippen molar-refractivity contribution in [1.82, 2.24) is 25.2 Å². The van der Waals surface area contributed by atoms with E-state index in [-0.39, 0.29) is 5.69 Å². The first-order chi connectivity index (χ1) is 5.86. The molecule has 6 nitrogen and oxygen atoms in total. The summed E-state index contributed by atoms with van der Waals surface area (Å²) in [6.45, 7) is 0.374. The monoisotopic (exact) mass is 183 g/mol. The lowest BCUT2D eigenvalue weighted by Crippen LogP contribution is -2.18. The number of hydrogen-bond donors (Lipinski definition) is 1. The van der Waals surface area contributed by atoms with Crippen molar-refractivity contribution < 1.29 is 0 Å². The Labute approximate surface area is 70.9 Å². The van der Waals surface area contributed by atoms with Crippen LogP contribution < -0.4 is 5.69 Å². The Balaban J connectivity index is 2.25. The lowest BCUT2D eigenvalue weighted by Gasteiger charge is -1.90. The summed E-state index contributed by atoms with van der Waals surface area (Å²) >= 11 is 1.48. The molecule has 0 amide bonds. The second-order valence-electron chi connectivity index (χ2n) is 2.14. The van der Waals surface area contributed by atoms with Gasteiger partial charge in [-0.15, -0.1) is 11.3 Å². The van der Waals surface area contributed by atoms with Gasteiger partial charge in [0.15, 0.2) is 0 Å².